The molecule has 28 heavy (non-hydrogen) atoms. The van der Waals surface area contributed by atoms with E-state index in [4.69, 9.17) is 4.42 Å². The van der Waals surface area contributed by atoms with Crippen LogP contribution in [0.15, 0.2) is 81.4 Å². The van der Waals surface area contributed by atoms with Gasteiger partial charge in [0.05, 0.1) is 11.8 Å². The Labute approximate surface area is 170 Å². The van der Waals surface area contributed by atoms with Crippen molar-refractivity contribution in [3.63, 3.8) is 0 Å². The monoisotopic (exact) mass is 437 g/mol. The number of anilines is 1. The molecule has 0 bridgehead atoms. The van der Waals surface area contributed by atoms with E-state index in [0.717, 1.165) is 10.0 Å². The van der Waals surface area contributed by atoms with Gasteiger partial charge in [0, 0.05) is 15.7 Å². The molecule has 1 fully saturated rings. The first-order chi connectivity index (χ1) is 13.5. The SMILES string of the molecule is Cc1ccc(N2C(=O)C(=O)/C(=C(\O)c3ccc(Br)cc3)C2c2ccco2)cc1. The average Bonchev–Trinajstić information content (AvgIpc) is 3.30. The largest absolute Gasteiger partial charge is 0.507 e. The van der Waals surface area contributed by atoms with E-state index in [1.165, 1.54) is 11.2 Å². The lowest BCUT2D eigenvalue weighted by atomic mass is 9.99. The lowest BCUT2D eigenvalue weighted by Gasteiger charge is -2.23. The summed E-state index contributed by atoms with van der Waals surface area (Å²) in [4.78, 5) is 27.1. The minimum Gasteiger partial charge on any atom is -0.507 e. The molecule has 4 rings (SSSR count). The molecule has 0 saturated carbocycles. The first-order valence-electron chi connectivity index (χ1n) is 8.64. The first-order valence-corrected chi connectivity index (χ1v) is 9.43. The zero-order valence-corrected chi connectivity index (χ0v) is 16.5. The van der Waals surface area contributed by atoms with Crippen molar-refractivity contribution in [3.8, 4) is 0 Å². The van der Waals surface area contributed by atoms with Crippen molar-refractivity contribution in [2.45, 2.75) is 13.0 Å². The van der Waals surface area contributed by atoms with Crippen LogP contribution < -0.4 is 4.90 Å². The van der Waals surface area contributed by atoms with Crippen LogP contribution >= 0.6 is 15.9 Å². The number of furan rings is 1. The summed E-state index contributed by atoms with van der Waals surface area (Å²) < 4.78 is 6.37. The third-order valence-electron chi connectivity index (χ3n) is 4.69. The highest BCUT2D eigenvalue weighted by Gasteiger charge is 2.48. The summed E-state index contributed by atoms with van der Waals surface area (Å²) in [6.45, 7) is 1.94. The van der Waals surface area contributed by atoms with Gasteiger partial charge in [-0.1, -0.05) is 45.8 Å². The third-order valence-corrected chi connectivity index (χ3v) is 5.22. The third kappa shape index (κ3) is 3.05. The van der Waals surface area contributed by atoms with E-state index < -0.39 is 17.7 Å². The van der Waals surface area contributed by atoms with Crippen LogP contribution in [0.3, 0.4) is 0 Å². The predicted molar refractivity (Wildman–Crippen MR) is 109 cm³/mol. The van der Waals surface area contributed by atoms with Crippen molar-refractivity contribution in [2.75, 3.05) is 4.90 Å². The van der Waals surface area contributed by atoms with Crippen molar-refractivity contribution in [1.82, 2.24) is 0 Å². The number of Topliss-reactive ketones (excluding diaryl/α,β-unsaturated/α-hetero) is 1. The van der Waals surface area contributed by atoms with Crippen LogP contribution in [0.5, 0.6) is 0 Å². The fourth-order valence-electron chi connectivity index (χ4n) is 3.28. The molecule has 1 saturated heterocycles. The standard InChI is InChI=1S/C22H16BrNO4/c1-13-4-10-16(11-5-13)24-19(17-3-2-12-28-17)18(21(26)22(24)27)20(25)14-6-8-15(23)9-7-14/h2-12,19,25H,1H3/b20-18-. The number of aryl methyl sites for hydroxylation is 1. The Hall–Kier alpha value is -3.12. The van der Waals surface area contributed by atoms with Gasteiger partial charge in [0.25, 0.3) is 11.7 Å². The molecule has 2 heterocycles. The molecule has 2 aromatic carbocycles. The molecule has 5 nitrogen and oxygen atoms in total. The Balaban J connectivity index is 1.91. The summed E-state index contributed by atoms with van der Waals surface area (Å²) in [6, 6.07) is 16.7. The Morgan fingerprint density at radius 3 is 2.32 bits per heavy atom. The second-order valence-corrected chi connectivity index (χ2v) is 7.44. The number of hydrogen-bond donors (Lipinski definition) is 1. The lowest BCUT2D eigenvalue weighted by molar-refractivity contribution is -0.132. The Bertz CT molecular complexity index is 1070. The van der Waals surface area contributed by atoms with Crippen molar-refractivity contribution in [1.29, 1.82) is 0 Å². The molecule has 1 atom stereocenters. The number of aliphatic hydroxyl groups excluding tert-OH is 1. The molecular formula is C22H16BrNO4. The van der Waals surface area contributed by atoms with Crippen molar-refractivity contribution in [2.24, 2.45) is 0 Å². The van der Waals surface area contributed by atoms with Gasteiger partial charge in [-0.15, -0.1) is 0 Å². The van der Waals surface area contributed by atoms with E-state index in [0.29, 0.717) is 17.0 Å². The van der Waals surface area contributed by atoms with Crippen LogP contribution in [0.1, 0.15) is 22.9 Å². The number of aliphatic hydroxyl groups is 1. The van der Waals surface area contributed by atoms with Crippen molar-refractivity contribution >= 4 is 39.1 Å². The van der Waals surface area contributed by atoms with E-state index in [-0.39, 0.29) is 11.3 Å². The van der Waals surface area contributed by atoms with E-state index in [1.54, 1.807) is 48.5 Å². The molecule has 140 valence electrons. The van der Waals surface area contributed by atoms with Gasteiger partial charge in [-0.2, -0.15) is 0 Å². The minimum absolute atomic E-state index is 0.00264. The zero-order chi connectivity index (χ0) is 19.8. The topological polar surface area (TPSA) is 70.8 Å². The fourth-order valence-corrected chi connectivity index (χ4v) is 3.55. The second-order valence-electron chi connectivity index (χ2n) is 6.53. The molecule has 1 unspecified atom stereocenters. The maximum atomic E-state index is 12.9. The molecule has 6 heteroatoms. The summed E-state index contributed by atoms with van der Waals surface area (Å²) in [7, 11) is 0. The Morgan fingerprint density at radius 1 is 1.04 bits per heavy atom. The summed E-state index contributed by atoms with van der Waals surface area (Å²) in [5.74, 6) is -1.29. The van der Waals surface area contributed by atoms with Crippen LogP contribution in [0, 0.1) is 6.92 Å². The summed E-state index contributed by atoms with van der Waals surface area (Å²) in [6.07, 6.45) is 1.48. The van der Waals surface area contributed by atoms with Crippen LogP contribution in [-0.2, 0) is 9.59 Å². The van der Waals surface area contributed by atoms with Gasteiger partial charge < -0.3 is 9.52 Å². The number of carbonyl (C=O) groups is 2. The van der Waals surface area contributed by atoms with Gasteiger partial charge in [-0.3, -0.25) is 14.5 Å². The van der Waals surface area contributed by atoms with Crippen LogP contribution in [-0.4, -0.2) is 16.8 Å². The van der Waals surface area contributed by atoms with Gasteiger partial charge in [0.2, 0.25) is 0 Å². The number of carbonyl (C=O) groups excluding carboxylic acids is 2. The van der Waals surface area contributed by atoms with Crippen LogP contribution in [0.4, 0.5) is 5.69 Å². The molecule has 3 aromatic rings. The molecule has 1 amide bonds. The fraction of sp³-hybridized carbons (Fsp3) is 0.0909. The highest BCUT2D eigenvalue weighted by Crippen LogP contribution is 2.42. The molecule has 0 spiro atoms. The first kappa shape index (κ1) is 18.3. The van der Waals surface area contributed by atoms with E-state index in [9.17, 15) is 14.7 Å². The van der Waals surface area contributed by atoms with E-state index >= 15 is 0 Å². The van der Waals surface area contributed by atoms with Gasteiger partial charge in [-0.25, -0.2) is 0 Å². The molecule has 0 aliphatic carbocycles. The zero-order valence-electron chi connectivity index (χ0n) is 14.9. The highest BCUT2D eigenvalue weighted by atomic mass is 79.9. The van der Waals surface area contributed by atoms with Gasteiger partial charge in [0.15, 0.2) is 0 Å². The summed E-state index contributed by atoms with van der Waals surface area (Å²) in [5, 5.41) is 10.9. The van der Waals surface area contributed by atoms with Crippen molar-refractivity contribution < 1.29 is 19.1 Å². The maximum Gasteiger partial charge on any atom is 0.300 e. The number of rotatable bonds is 3. The smallest absolute Gasteiger partial charge is 0.300 e. The lowest BCUT2D eigenvalue weighted by Crippen LogP contribution is -2.29. The number of ketones is 1. The normalized spacial score (nSPS) is 18.6. The average molecular weight is 438 g/mol. The minimum atomic E-state index is -0.846. The Kier molecular flexibility index (Phi) is 4.65. The van der Waals surface area contributed by atoms with Gasteiger partial charge >= 0.3 is 0 Å². The Morgan fingerprint density at radius 2 is 1.71 bits per heavy atom. The molecule has 1 aliphatic heterocycles. The molecule has 1 aromatic heterocycles. The van der Waals surface area contributed by atoms with Crippen molar-refractivity contribution in [3.05, 3.63) is 93.9 Å². The van der Waals surface area contributed by atoms with Crippen LogP contribution in [0.25, 0.3) is 5.76 Å². The van der Waals surface area contributed by atoms with Gasteiger partial charge in [-0.05, 0) is 43.3 Å². The number of nitrogens with zero attached hydrogens (tertiary/aromatic N) is 1. The van der Waals surface area contributed by atoms with E-state index in [2.05, 4.69) is 15.9 Å². The molecule has 1 N–H and O–H groups in total. The number of halogens is 1. The predicted octanol–water partition coefficient (Wildman–Crippen LogP) is 4.98. The summed E-state index contributed by atoms with van der Waals surface area (Å²) >= 11 is 3.35. The van der Waals surface area contributed by atoms with Crippen LogP contribution in [0.2, 0.25) is 0 Å². The van der Waals surface area contributed by atoms with E-state index in [1.807, 2.05) is 19.1 Å². The molecule has 0 radical (unpaired) electrons. The molecular weight excluding hydrogens is 422 g/mol. The summed E-state index contributed by atoms with van der Waals surface area (Å²) in [5.41, 5.74) is 2.04. The highest BCUT2D eigenvalue weighted by molar-refractivity contribution is 9.10. The molecule has 1 aliphatic rings. The number of hydrogen-bond acceptors (Lipinski definition) is 4. The second kappa shape index (κ2) is 7.13. The van der Waals surface area contributed by atoms with Gasteiger partial charge in [0.1, 0.15) is 17.6 Å². The quantitative estimate of drug-likeness (QED) is 0.356. The number of amides is 1. The maximum absolute atomic E-state index is 12.9. The number of benzene rings is 2.